The number of nitro groups is 1. The molecule has 0 radical (unpaired) electrons. The molecule has 0 aromatic heterocycles. The Labute approximate surface area is 172 Å². The average Bonchev–Trinajstić information content (AvgIpc) is 3.09. The highest BCUT2D eigenvalue weighted by molar-refractivity contribution is 5.99. The summed E-state index contributed by atoms with van der Waals surface area (Å²) in [7, 11) is 0. The normalized spacial score (nSPS) is 16.1. The largest absolute Gasteiger partial charge is 0.448 e. The lowest BCUT2D eigenvalue weighted by Crippen LogP contribution is -2.40. The summed E-state index contributed by atoms with van der Waals surface area (Å²) >= 11 is 0. The third-order valence-electron chi connectivity index (χ3n) is 5.16. The third kappa shape index (κ3) is 4.19. The monoisotopic (exact) mass is 411 g/mol. The number of ether oxygens (including phenoxy) is 2. The standard InChI is InChI=1S/C21H21N3O6/c25-19(13-22-20(26)14-5-4-6-16(11-14)24(27)28)23-15-7-8-17-18(12-15)30-21(29-17)9-2-1-3-10-21/h4-8,11-12H,1-3,9-10,13H2,(H,22,26)(H,23,25). The van der Waals surface area contributed by atoms with Gasteiger partial charge in [0.1, 0.15) is 0 Å². The van der Waals surface area contributed by atoms with Crippen LogP contribution in [0.2, 0.25) is 0 Å². The van der Waals surface area contributed by atoms with Crippen molar-refractivity contribution in [2.24, 2.45) is 0 Å². The van der Waals surface area contributed by atoms with Gasteiger partial charge in [0.2, 0.25) is 5.91 Å². The molecule has 9 nitrogen and oxygen atoms in total. The number of carbonyl (C=O) groups is 2. The fraction of sp³-hybridized carbons (Fsp3) is 0.333. The van der Waals surface area contributed by atoms with Crippen LogP contribution < -0.4 is 20.1 Å². The van der Waals surface area contributed by atoms with Crippen molar-refractivity contribution in [3.63, 3.8) is 0 Å². The maximum atomic E-state index is 12.2. The molecule has 9 heteroatoms. The van der Waals surface area contributed by atoms with Crippen molar-refractivity contribution in [1.29, 1.82) is 0 Å². The van der Waals surface area contributed by atoms with E-state index in [0.717, 1.165) is 31.7 Å². The van der Waals surface area contributed by atoms with Crippen molar-refractivity contribution in [3.8, 4) is 11.5 Å². The SMILES string of the molecule is O=C(CNC(=O)c1cccc([N+](=O)[O-])c1)Nc1ccc2c(c1)OC1(CCCCC1)O2. The van der Waals surface area contributed by atoms with E-state index in [4.69, 9.17) is 9.47 Å². The van der Waals surface area contributed by atoms with Gasteiger partial charge in [-0.25, -0.2) is 0 Å². The Morgan fingerprint density at radius 3 is 2.57 bits per heavy atom. The lowest BCUT2D eigenvalue weighted by molar-refractivity contribution is -0.384. The van der Waals surface area contributed by atoms with E-state index in [1.54, 1.807) is 18.2 Å². The van der Waals surface area contributed by atoms with Crippen LogP contribution in [-0.2, 0) is 4.79 Å². The Bertz CT molecular complexity index is 1000. The molecule has 2 aromatic rings. The first-order chi connectivity index (χ1) is 14.4. The molecule has 2 N–H and O–H groups in total. The molecule has 1 saturated carbocycles. The van der Waals surface area contributed by atoms with E-state index in [1.807, 2.05) is 0 Å². The number of carbonyl (C=O) groups excluding carboxylic acids is 2. The average molecular weight is 411 g/mol. The molecule has 156 valence electrons. The number of benzene rings is 2. The Morgan fingerprint density at radius 2 is 1.80 bits per heavy atom. The number of rotatable bonds is 5. The maximum absolute atomic E-state index is 12.2. The number of nitro benzene ring substituents is 1. The van der Waals surface area contributed by atoms with Crippen LogP contribution >= 0.6 is 0 Å². The van der Waals surface area contributed by atoms with Gasteiger partial charge in [-0.3, -0.25) is 19.7 Å². The van der Waals surface area contributed by atoms with Gasteiger partial charge < -0.3 is 20.1 Å². The first kappa shape index (κ1) is 19.7. The molecular formula is C21H21N3O6. The molecule has 1 heterocycles. The quantitative estimate of drug-likeness (QED) is 0.575. The van der Waals surface area contributed by atoms with Crippen molar-refractivity contribution in [3.05, 3.63) is 58.1 Å². The summed E-state index contributed by atoms with van der Waals surface area (Å²) in [4.78, 5) is 34.6. The van der Waals surface area contributed by atoms with Gasteiger partial charge in [-0.2, -0.15) is 0 Å². The van der Waals surface area contributed by atoms with Gasteiger partial charge in [0.05, 0.1) is 11.5 Å². The third-order valence-corrected chi connectivity index (χ3v) is 5.16. The van der Waals surface area contributed by atoms with E-state index in [0.29, 0.717) is 17.2 Å². The molecule has 1 spiro atoms. The number of fused-ring (bicyclic) bond motifs is 1. The molecule has 0 atom stereocenters. The minimum absolute atomic E-state index is 0.109. The summed E-state index contributed by atoms with van der Waals surface area (Å²) in [6.07, 6.45) is 4.97. The number of nitrogens with zero attached hydrogens (tertiary/aromatic N) is 1. The summed E-state index contributed by atoms with van der Waals surface area (Å²) in [5.74, 6) is -0.335. The van der Waals surface area contributed by atoms with Crippen LogP contribution in [0.3, 0.4) is 0 Å². The van der Waals surface area contributed by atoms with Gasteiger partial charge in [-0.15, -0.1) is 0 Å². The van der Waals surface area contributed by atoms with E-state index < -0.39 is 22.5 Å². The molecule has 1 fully saturated rings. The van der Waals surface area contributed by atoms with Crippen LogP contribution in [0.1, 0.15) is 42.5 Å². The second-order valence-electron chi connectivity index (χ2n) is 7.38. The van der Waals surface area contributed by atoms with E-state index >= 15 is 0 Å². The van der Waals surface area contributed by atoms with Gasteiger partial charge in [-0.1, -0.05) is 12.5 Å². The Kier molecular flexibility index (Phi) is 5.26. The number of non-ortho nitro benzene ring substituents is 1. The molecule has 1 aliphatic carbocycles. The van der Waals surface area contributed by atoms with Gasteiger partial charge in [0.15, 0.2) is 11.5 Å². The maximum Gasteiger partial charge on any atom is 0.270 e. The van der Waals surface area contributed by atoms with Crippen LogP contribution in [0, 0.1) is 10.1 Å². The Morgan fingerprint density at radius 1 is 1.03 bits per heavy atom. The van der Waals surface area contributed by atoms with Crippen molar-refractivity contribution in [1.82, 2.24) is 5.32 Å². The minimum atomic E-state index is -0.588. The highest BCUT2D eigenvalue weighted by Gasteiger charge is 2.42. The molecule has 30 heavy (non-hydrogen) atoms. The lowest BCUT2D eigenvalue weighted by Gasteiger charge is -2.31. The van der Waals surface area contributed by atoms with Crippen LogP contribution in [0.5, 0.6) is 11.5 Å². The number of amides is 2. The molecule has 0 saturated heterocycles. The minimum Gasteiger partial charge on any atom is -0.448 e. The van der Waals surface area contributed by atoms with Gasteiger partial charge in [0.25, 0.3) is 17.4 Å². The molecule has 0 unspecified atom stereocenters. The summed E-state index contributed by atoms with van der Waals surface area (Å²) in [6.45, 7) is -0.278. The topological polar surface area (TPSA) is 120 Å². The molecular weight excluding hydrogens is 390 g/mol. The van der Waals surface area contributed by atoms with Crippen molar-refractivity contribution >= 4 is 23.2 Å². The van der Waals surface area contributed by atoms with Crippen molar-refractivity contribution in [2.75, 3.05) is 11.9 Å². The predicted octanol–water partition coefficient (Wildman–Crippen LogP) is 3.39. The van der Waals surface area contributed by atoms with E-state index in [1.165, 1.54) is 24.6 Å². The van der Waals surface area contributed by atoms with Gasteiger partial charge in [0, 0.05) is 42.3 Å². The van der Waals surface area contributed by atoms with Crippen LogP contribution in [0.25, 0.3) is 0 Å². The Balaban J connectivity index is 1.33. The van der Waals surface area contributed by atoms with E-state index in [2.05, 4.69) is 10.6 Å². The fourth-order valence-corrected chi connectivity index (χ4v) is 3.69. The highest BCUT2D eigenvalue weighted by Crippen LogP contribution is 2.46. The molecule has 2 aliphatic rings. The first-order valence-electron chi connectivity index (χ1n) is 9.79. The van der Waals surface area contributed by atoms with Crippen LogP contribution in [0.4, 0.5) is 11.4 Å². The first-order valence-corrected chi connectivity index (χ1v) is 9.79. The van der Waals surface area contributed by atoms with Crippen LogP contribution in [0.15, 0.2) is 42.5 Å². The molecule has 2 amide bonds. The molecule has 0 bridgehead atoms. The summed E-state index contributed by atoms with van der Waals surface area (Å²) < 4.78 is 12.1. The van der Waals surface area contributed by atoms with Gasteiger partial charge in [-0.05, 0) is 31.0 Å². The number of hydrogen-bond acceptors (Lipinski definition) is 6. The van der Waals surface area contributed by atoms with E-state index in [-0.39, 0.29) is 17.8 Å². The second-order valence-corrected chi connectivity index (χ2v) is 7.38. The smallest absolute Gasteiger partial charge is 0.270 e. The lowest BCUT2D eigenvalue weighted by atomic mass is 9.94. The summed E-state index contributed by atoms with van der Waals surface area (Å²) in [6, 6.07) is 10.5. The zero-order chi connectivity index (χ0) is 21.1. The van der Waals surface area contributed by atoms with E-state index in [9.17, 15) is 19.7 Å². The Hall–Kier alpha value is -3.62. The molecule has 1 aliphatic heterocycles. The molecule has 4 rings (SSSR count). The van der Waals surface area contributed by atoms with Crippen LogP contribution in [-0.4, -0.2) is 29.1 Å². The number of hydrogen-bond donors (Lipinski definition) is 2. The summed E-state index contributed by atoms with van der Waals surface area (Å²) in [5.41, 5.74) is 0.445. The van der Waals surface area contributed by atoms with Crippen molar-refractivity contribution < 1.29 is 24.0 Å². The number of anilines is 1. The second kappa shape index (κ2) is 8.02. The summed E-state index contributed by atoms with van der Waals surface area (Å²) in [5, 5.41) is 16.0. The fourth-order valence-electron chi connectivity index (χ4n) is 3.69. The highest BCUT2D eigenvalue weighted by atomic mass is 16.7. The zero-order valence-electron chi connectivity index (χ0n) is 16.2. The van der Waals surface area contributed by atoms with Gasteiger partial charge >= 0.3 is 0 Å². The molecule has 2 aromatic carbocycles. The number of nitrogens with one attached hydrogen (secondary N) is 2. The predicted molar refractivity (Wildman–Crippen MR) is 108 cm³/mol. The zero-order valence-corrected chi connectivity index (χ0v) is 16.2. The van der Waals surface area contributed by atoms with Crippen molar-refractivity contribution in [2.45, 2.75) is 37.9 Å².